The number of hydrogen-bond donors (Lipinski definition) is 1. The van der Waals surface area contributed by atoms with Crippen LogP contribution in [0.1, 0.15) is 31.2 Å². The van der Waals surface area contributed by atoms with Crippen molar-refractivity contribution >= 4 is 35.4 Å². The van der Waals surface area contributed by atoms with E-state index >= 15 is 0 Å². The zero-order valence-corrected chi connectivity index (χ0v) is 22.7. The summed E-state index contributed by atoms with van der Waals surface area (Å²) < 4.78 is 10.6. The molecule has 2 aliphatic carbocycles. The van der Waals surface area contributed by atoms with E-state index in [1.807, 2.05) is 18.2 Å². The van der Waals surface area contributed by atoms with E-state index in [9.17, 15) is 29.1 Å². The van der Waals surface area contributed by atoms with Crippen LogP contribution in [0.15, 0.2) is 66.2 Å². The van der Waals surface area contributed by atoms with Gasteiger partial charge in [-0.05, 0) is 43.9 Å². The molecular weight excluding hydrogens is 528 g/mol. The number of benzene rings is 2. The number of aliphatic hydroxyl groups is 1. The molecule has 4 aliphatic rings. The summed E-state index contributed by atoms with van der Waals surface area (Å²) >= 11 is 0. The Balaban J connectivity index is 1.53. The summed E-state index contributed by atoms with van der Waals surface area (Å²) in [6.07, 6.45) is 1.24. The molecule has 10 heteroatoms. The lowest BCUT2D eigenvalue weighted by Crippen LogP contribution is -2.49. The number of aliphatic hydroxyl groups excluding tert-OH is 1. The minimum Gasteiger partial charge on any atom is -0.491 e. The maximum atomic E-state index is 14.4. The van der Waals surface area contributed by atoms with Gasteiger partial charge in [0.25, 0.3) is 0 Å². The van der Waals surface area contributed by atoms with E-state index in [-0.39, 0.29) is 37.9 Å². The van der Waals surface area contributed by atoms with Crippen molar-refractivity contribution in [3.8, 4) is 5.75 Å². The summed E-state index contributed by atoms with van der Waals surface area (Å²) in [5.41, 5.74) is 0.657. The van der Waals surface area contributed by atoms with Crippen molar-refractivity contribution < 1.29 is 38.6 Å². The molecule has 0 unspecified atom stereocenters. The molecule has 2 heterocycles. The molecule has 212 valence electrons. The van der Waals surface area contributed by atoms with Crippen LogP contribution in [0.5, 0.6) is 5.75 Å². The van der Waals surface area contributed by atoms with Gasteiger partial charge >= 0.3 is 6.09 Å². The second kappa shape index (κ2) is 9.95. The minimum atomic E-state index is -1.23. The lowest BCUT2D eigenvalue weighted by atomic mass is 9.51. The Hall–Kier alpha value is -4.31. The van der Waals surface area contributed by atoms with Crippen LogP contribution in [-0.2, 0) is 23.9 Å². The van der Waals surface area contributed by atoms with E-state index in [1.165, 1.54) is 4.90 Å². The largest absolute Gasteiger partial charge is 0.491 e. The zero-order valence-electron chi connectivity index (χ0n) is 22.7. The Morgan fingerprint density at radius 1 is 0.976 bits per heavy atom. The summed E-state index contributed by atoms with van der Waals surface area (Å²) in [5.74, 6) is -5.20. The van der Waals surface area contributed by atoms with Crippen molar-refractivity contribution in [3.63, 3.8) is 0 Å². The van der Waals surface area contributed by atoms with Crippen molar-refractivity contribution in [2.45, 2.75) is 25.7 Å². The number of carbonyl (C=O) groups excluding carboxylic acids is 5. The fraction of sp³-hybridized carbons (Fsp3) is 0.387. The second-order valence-corrected chi connectivity index (χ2v) is 11.1. The molecular formula is C31H30N2O8. The second-order valence-electron chi connectivity index (χ2n) is 11.1. The van der Waals surface area contributed by atoms with Gasteiger partial charge in [-0.3, -0.25) is 19.2 Å². The van der Waals surface area contributed by atoms with Gasteiger partial charge in [0.05, 0.1) is 42.6 Å². The Bertz CT molecular complexity index is 1490. The quantitative estimate of drug-likeness (QED) is 0.438. The SMILES string of the molecule is COC(=O)N1C(=O)[C@H]2[C@H](CC=C3[C@H]2C[C@H]2C(=O)N(c4ccccc4)C(=O)[C@@]2(C)[C@H]3c2ccccc2OCCO)C1=O. The van der Waals surface area contributed by atoms with Gasteiger partial charge < -0.3 is 14.6 Å². The number of para-hydroxylation sites is 2. The number of imide groups is 4. The van der Waals surface area contributed by atoms with Gasteiger partial charge in [0, 0.05) is 11.5 Å². The molecule has 1 N–H and O–H groups in total. The molecule has 2 aliphatic heterocycles. The van der Waals surface area contributed by atoms with Gasteiger partial charge in [-0.25, -0.2) is 9.69 Å². The smallest absolute Gasteiger partial charge is 0.423 e. The number of methoxy groups -OCH3 is 1. The number of allylic oxidation sites excluding steroid dienone is 2. The van der Waals surface area contributed by atoms with Gasteiger partial charge in [-0.15, -0.1) is 0 Å². The number of fused-ring (bicyclic) bond motifs is 4. The molecule has 5 amide bonds. The Morgan fingerprint density at radius 3 is 2.39 bits per heavy atom. The third kappa shape index (κ3) is 3.77. The first-order valence-electron chi connectivity index (χ1n) is 13.7. The highest BCUT2D eigenvalue weighted by atomic mass is 16.5. The summed E-state index contributed by atoms with van der Waals surface area (Å²) in [4.78, 5) is 69.5. The first kappa shape index (κ1) is 26.9. The normalized spacial score (nSPS) is 30.5. The highest BCUT2D eigenvalue weighted by Gasteiger charge is 2.68. The molecule has 0 aromatic heterocycles. The van der Waals surface area contributed by atoms with Crippen LogP contribution in [0.2, 0.25) is 0 Å². The van der Waals surface area contributed by atoms with E-state index in [0.717, 1.165) is 12.7 Å². The maximum absolute atomic E-state index is 14.4. The molecule has 6 atom stereocenters. The molecule has 2 aromatic rings. The lowest BCUT2D eigenvalue weighted by molar-refractivity contribution is -0.138. The molecule has 0 radical (unpaired) electrons. The third-order valence-electron chi connectivity index (χ3n) is 9.23. The van der Waals surface area contributed by atoms with Crippen LogP contribution in [0.3, 0.4) is 0 Å². The van der Waals surface area contributed by atoms with Gasteiger partial charge in [-0.2, -0.15) is 4.90 Å². The molecule has 0 bridgehead atoms. The number of amides is 5. The van der Waals surface area contributed by atoms with Crippen molar-refractivity contribution in [2.75, 3.05) is 25.2 Å². The molecule has 2 aromatic carbocycles. The fourth-order valence-corrected chi connectivity index (χ4v) is 7.46. The Morgan fingerprint density at radius 2 is 1.68 bits per heavy atom. The Labute approximate surface area is 236 Å². The maximum Gasteiger partial charge on any atom is 0.423 e. The molecule has 41 heavy (non-hydrogen) atoms. The number of likely N-dealkylation sites (tertiary alicyclic amines) is 1. The van der Waals surface area contributed by atoms with Crippen molar-refractivity contribution in [1.29, 1.82) is 0 Å². The average molecular weight is 559 g/mol. The van der Waals surface area contributed by atoms with Crippen LogP contribution in [-0.4, -0.2) is 60.1 Å². The number of carbonyl (C=O) groups is 5. The topological polar surface area (TPSA) is 131 Å². The Kier molecular flexibility index (Phi) is 6.53. The first-order valence-corrected chi connectivity index (χ1v) is 13.7. The van der Waals surface area contributed by atoms with Crippen LogP contribution >= 0.6 is 0 Å². The van der Waals surface area contributed by atoms with E-state index in [4.69, 9.17) is 9.47 Å². The predicted octanol–water partition coefficient (Wildman–Crippen LogP) is 3.05. The molecule has 2 saturated heterocycles. The van der Waals surface area contributed by atoms with E-state index in [0.29, 0.717) is 21.9 Å². The molecule has 6 rings (SSSR count). The van der Waals surface area contributed by atoms with Crippen LogP contribution in [0.4, 0.5) is 10.5 Å². The molecule has 0 spiro atoms. The van der Waals surface area contributed by atoms with Crippen LogP contribution in [0, 0.1) is 29.1 Å². The van der Waals surface area contributed by atoms with Crippen molar-refractivity contribution in [1.82, 2.24) is 4.90 Å². The van der Waals surface area contributed by atoms with Gasteiger partial charge in [0.15, 0.2) is 0 Å². The van der Waals surface area contributed by atoms with Crippen molar-refractivity contribution in [2.24, 2.45) is 29.1 Å². The highest BCUT2D eigenvalue weighted by Crippen LogP contribution is 2.64. The van der Waals surface area contributed by atoms with Crippen molar-refractivity contribution in [3.05, 3.63) is 71.8 Å². The number of nitrogens with zero attached hydrogens (tertiary/aromatic N) is 2. The average Bonchev–Trinajstić information content (AvgIpc) is 3.36. The van der Waals surface area contributed by atoms with Gasteiger partial charge in [-0.1, -0.05) is 48.0 Å². The molecule has 3 fully saturated rings. The van der Waals surface area contributed by atoms with E-state index in [2.05, 4.69) is 0 Å². The number of anilines is 1. The summed E-state index contributed by atoms with van der Waals surface area (Å²) in [6.45, 7) is 1.61. The van der Waals surface area contributed by atoms with E-state index in [1.54, 1.807) is 49.4 Å². The van der Waals surface area contributed by atoms with Gasteiger partial charge in [0.2, 0.25) is 23.6 Å². The van der Waals surface area contributed by atoms with Crippen LogP contribution in [0.25, 0.3) is 0 Å². The lowest BCUT2D eigenvalue weighted by Gasteiger charge is -2.49. The molecule has 10 nitrogen and oxygen atoms in total. The van der Waals surface area contributed by atoms with E-state index < -0.39 is 52.9 Å². The zero-order chi connectivity index (χ0) is 29.1. The minimum absolute atomic E-state index is 0.0289. The predicted molar refractivity (Wildman–Crippen MR) is 144 cm³/mol. The fourth-order valence-electron chi connectivity index (χ4n) is 7.46. The number of hydrogen-bond acceptors (Lipinski definition) is 8. The monoisotopic (exact) mass is 558 g/mol. The standard InChI is InChI=1S/C31H30N2O8/c1-31-22(27(36)32(29(31)38)17-8-4-3-5-9-17)16-21-18(25(31)19-10-6-7-11-23(19)41-15-14-34)12-13-20-24(21)28(37)33(26(20)35)30(39)40-2/h3-12,20-22,24-25,34H,13-16H2,1-2H3/t20-,21+,22-,24-,25+,31+/m0/s1. The number of rotatable bonds is 5. The summed E-state index contributed by atoms with van der Waals surface area (Å²) in [7, 11) is 1.11. The first-order chi connectivity index (χ1) is 19.7. The number of ether oxygens (including phenoxy) is 2. The van der Waals surface area contributed by atoms with Gasteiger partial charge in [0.1, 0.15) is 12.4 Å². The van der Waals surface area contributed by atoms with Crippen LogP contribution < -0.4 is 9.64 Å². The molecule has 1 saturated carbocycles. The summed E-state index contributed by atoms with van der Waals surface area (Å²) in [5, 5.41) is 9.45. The third-order valence-corrected chi connectivity index (χ3v) is 9.23. The summed E-state index contributed by atoms with van der Waals surface area (Å²) in [6, 6.07) is 15.9. The highest BCUT2D eigenvalue weighted by molar-refractivity contribution is 6.24.